The Morgan fingerprint density at radius 3 is 2.47 bits per heavy atom. The van der Waals surface area contributed by atoms with Crippen LogP contribution in [0, 0.1) is 0 Å². The van der Waals surface area contributed by atoms with Gasteiger partial charge < -0.3 is 15.2 Å². The number of amides is 2. The van der Waals surface area contributed by atoms with Crippen LogP contribution in [0.15, 0.2) is 47.4 Å². The van der Waals surface area contributed by atoms with E-state index in [1.165, 1.54) is 29.9 Å². The van der Waals surface area contributed by atoms with E-state index in [1.807, 2.05) is 24.3 Å². The molecule has 1 saturated heterocycles. The molecule has 1 aromatic carbocycles. The zero-order valence-corrected chi connectivity index (χ0v) is 18.5. The van der Waals surface area contributed by atoms with E-state index in [-0.39, 0.29) is 30.0 Å². The third-order valence-corrected chi connectivity index (χ3v) is 6.40. The van der Waals surface area contributed by atoms with Gasteiger partial charge in [0, 0.05) is 24.5 Å². The second-order valence-corrected chi connectivity index (χ2v) is 8.85. The Bertz CT molecular complexity index is 1000. The Morgan fingerprint density at radius 1 is 0.938 bits per heavy atom. The Balaban J connectivity index is 1.41. The van der Waals surface area contributed by atoms with Crippen molar-refractivity contribution in [2.24, 2.45) is 0 Å². The molecule has 2 aromatic rings. The molecule has 0 radical (unpaired) electrons. The summed E-state index contributed by atoms with van der Waals surface area (Å²) in [6.07, 6.45) is 9.27. The van der Waals surface area contributed by atoms with Gasteiger partial charge in [-0.05, 0) is 62.5 Å². The minimum absolute atomic E-state index is 0.0836. The molecule has 7 nitrogen and oxygen atoms in total. The minimum Gasteiger partial charge on any atom is -0.349 e. The zero-order valence-electron chi connectivity index (χ0n) is 18.5. The van der Waals surface area contributed by atoms with Crippen LogP contribution in [0.25, 0.3) is 0 Å². The number of carbonyl (C=O) groups is 2. The van der Waals surface area contributed by atoms with Gasteiger partial charge in [0.1, 0.15) is 12.1 Å². The van der Waals surface area contributed by atoms with Gasteiger partial charge in [0.2, 0.25) is 5.91 Å². The van der Waals surface area contributed by atoms with Gasteiger partial charge in [0.15, 0.2) is 0 Å². The van der Waals surface area contributed by atoms with Crippen molar-refractivity contribution in [1.82, 2.24) is 14.8 Å². The normalized spacial score (nSPS) is 17.2. The summed E-state index contributed by atoms with van der Waals surface area (Å²) < 4.78 is 1.30. The van der Waals surface area contributed by atoms with E-state index in [1.54, 1.807) is 12.3 Å². The maximum Gasteiger partial charge on any atom is 0.263 e. The molecule has 7 heteroatoms. The van der Waals surface area contributed by atoms with Gasteiger partial charge in [0.05, 0.1) is 0 Å². The number of benzene rings is 1. The number of hydrogen-bond donors (Lipinski definition) is 2. The van der Waals surface area contributed by atoms with E-state index in [0.29, 0.717) is 0 Å². The number of carbonyl (C=O) groups excluding carboxylic acids is 2. The number of nitrogens with zero attached hydrogens (tertiary/aromatic N) is 2. The second-order valence-electron chi connectivity index (χ2n) is 8.85. The van der Waals surface area contributed by atoms with E-state index in [9.17, 15) is 14.4 Å². The van der Waals surface area contributed by atoms with E-state index in [0.717, 1.165) is 56.6 Å². The van der Waals surface area contributed by atoms with Crippen molar-refractivity contribution >= 4 is 17.5 Å². The number of pyridine rings is 1. The molecule has 2 heterocycles. The summed E-state index contributed by atoms with van der Waals surface area (Å²) in [7, 11) is 0. The zero-order chi connectivity index (χ0) is 22.3. The largest absolute Gasteiger partial charge is 0.349 e. The Kier molecular flexibility index (Phi) is 7.37. The topological polar surface area (TPSA) is 83.4 Å². The van der Waals surface area contributed by atoms with Crippen molar-refractivity contribution in [3.05, 3.63) is 64.1 Å². The monoisotopic (exact) mass is 436 g/mol. The van der Waals surface area contributed by atoms with Crippen LogP contribution in [-0.2, 0) is 17.9 Å². The predicted octanol–water partition coefficient (Wildman–Crippen LogP) is 3.15. The molecule has 170 valence electrons. The van der Waals surface area contributed by atoms with E-state index in [2.05, 4.69) is 15.5 Å². The highest BCUT2D eigenvalue weighted by Gasteiger charge is 2.20. The van der Waals surface area contributed by atoms with Gasteiger partial charge in [-0.3, -0.25) is 19.3 Å². The summed E-state index contributed by atoms with van der Waals surface area (Å²) in [5.41, 5.74) is 1.47. The molecular formula is C25H32N4O3. The van der Waals surface area contributed by atoms with Crippen LogP contribution in [0.3, 0.4) is 0 Å². The van der Waals surface area contributed by atoms with Crippen molar-refractivity contribution in [2.75, 3.05) is 18.4 Å². The van der Waals surface area contributed by atoms with Gasteiger partial charge >= 0.3 is 0 Å². The van der Waals surface area contributed by atoms with Crippen LogP contribution in [-0.4, -0.2) is 40.4 Å². The number of hydrogen-bond acceptors (Lipinski definition) is 4. The lowest BCUT2D eigenvalue weighted by molar-refractivity contribution is -0.116. The van der Waals surface area contributed by atoms with Gasteiger partial charge in [-0.15, -0.1) is 0 Å². The van der Waals surface area contributed by atoms with Crippen LogP contribution in [0.4, 0.5) is 5.69 Å². The quantitative estimate of drug-likeness (QED) is 0.699. The highest BCUT2D eigenvalue weighted by Crippen LogP contribution is 2.20. The second kappa shape index (κ2) is 10.6. The molecule has 2 fully saturated rings. The van der Waals surface area contributed by atoms with Gasteiger partial charge in [0.25, 0.3) is 11.5 Å². The van der Waals surface area contributed by atoms with Crippen LogP contribution < -0.4 is 16.2 Å². The number of rotatable bonds is 7. The van der Waals surface area contributed by atoms with Crippen molar-refractivity contribution in [3.63, 3.8) is 0 Å². The maximum absolute atomic E-state index is 12.9. The fourth-order valence-electron chi connectivity index (χ4n) is 4.65. The van der Waals surface area contributed by atoms with Crippen LogP contribution in [0.2, 0.25) is 0 Å². The first-order valence-electron chi connectivity index (χ1n) is 11.7. The van der Waals surface area contributed by atoms with Gasteiger partial charge in [-0.2, -0.15) is 0 Å². The number of anilines is 1. The standard InChI is InChI=1S/C25H32N4O3/c30-23(27-22-13-5-4-9-19(22)17-28-14-6-7-15-28)18-29-16-8-12-21(25(29)32)24(31)26-20-10-2-1-3-11-20/h4-5,8-9,12-13,16,20H,1-3,6-7,10-11,14-15,17-18H2,(H,26,31)(H,27,30). The molecular weight excluding hydrogens is 404 g/mol. The first kappa shape index (κ1) is 22.3. The lowest BCUT2D eigenvalue weighted by atomic mass is 9.95. The van der Waals surface area contributed by atoms with Crippen molar-refractivity contribution in [3.8, 4) is 0 Å². The van der Waals surface area contributed by atoms with Gasteiger partial charge in [-0.1, -0.05) is 37.5 Å². The average molecular weight is 437 g/mol. The molecule has 0 atom stereocenters. The highest BCUT2D eigenvalue weighted by atomic mass is 16.2. The lowest BCUT2D eigenvalue weighted by Crippen LogP contribution is -2.40. The van der Waals surface area contributed by atoms with E-state index >= 15 is 0 Å². The third-order valence-electron chi connectivity index (χ3n) is 6.40. The molecule has 1 aromatic heterocycles. The summed E-state index contributed by atoms with van der Waals surface area (Å²) in [5.74, 6) is -0.640. The number of para-hydroxylation sites is 1. The summed E-state index contributed by atoms with van der Waals surface area (Å²) >= 11 is 0. The molecule has 32 heavy (non-hydrogen) atoms. The summed E-state index contributed by atoms with van der Waals surface area (Å²) in [6, 6.07) is 11.1. The minimum atomic E-state index is -0.443. The number of aromatic nitrogens is 1. The fourth-order valence-corrected chi connectivity index (χ4v) is 4.65. The number of nitrogens with one attached hydrogen (secondary N) is 2. The summed E-state index contributed by atoms with van der Waals surface area (Å²) in [5, 5.41) is 5.93. The smallest absolute Gasteiger partial charge is 0.263 e. The summed E-state index contributed by atoms with van der Waals surface area (Å²) in [6.45, 7) is 2.81. The summed E-state index contributed by atoms with van der Waals surface area (Å²) in [4.78, 5) is 40.6. The Hall–Kier alpha value is -2.93. The first-order chi connectivity index (χ1) is 15.6. The first-order valence-corrected chi connectivity index (χ1v) is 11.7. The molecule has 0 unspecified atom stereocenters. The van der Waals surface area contributed by atoms with E-state index in [4.69, 9.17) is 0 Å². The highest BCUT2D eigenvalue weighted by molar-refractivity contribution is 5.94. The SMILES string of the molecule is O=C(Cn1cccc(C(=O)NC2CCCCC2)c1=O)Nc1ccccc1CN1CCCC1. The molecule has 1 aliphatic carbocycles. The molecule has 2 N–H and O–H groups in total. The molecule has 1 saturated carbocycles. The molecule has 2 amide bonds. The molecule has 1 aliphatic heterocycles. The van der Waals surface area contributed by atoms with Crippen LogP contribution in [0.1, 0.15) is 60.9 Å². The van der Waals surface area contributed by atoms with Crippen molar-refractivity contribution in [1.29, 1.82) is 0 Å². The molecule has 0 spiro atoms. The molecule has 2 aliphatic rings. The fraction of sp³-hybridized carbons (Fsp3) is 0.480. The maximum atomic E-state index is 12.9. The van der Waals surface area contributed by atoms with Crippen molar-refractivity contribution in [2.45, 2.75) is 64.1 Å². The van der Waals surface area contributed by atoms with E-state index < -0.39 is 5.56 Å². The lowest BCUT2D eigenvalue weighted by Gasteiger charge is -2.22. The van der Waals surface area contributed by atoms with Gasteiger partial charge in [-0.25, -0.2) is 0 Å². The molecule has 4 rings (SSSR count). The molecule has 0 bridgehead atoms. The van der Waals surface area contributed by atoms with Crippen molar-refractivity contribution < 1.29 is 9.59 Å². The number of likely N-dealkylation sites (tertiary alicyclic amines) is 1. The Labute approximate surface area is 188 Å². The average Bonchev–Trinajstić information content (AvgIpc) is 3.30. The van der Waals surface area contributed by atoms with Crippen LogP contribution in [0.5, 0.6) is 0 Å². The Morgan fingerprint density at radius 2 is 1.69 bits per heavy atom. The third kappa shape index (κ3) is 5.65. The van der Waals surface area contributed by atoms with Crippen LogP contribution >= 0.6 is 0 Å². The predicted molar refractivity (Wildman–Crippen MR) is 125 cm³/mol.